The summed E-state index contributed by atoms with van der Waals surface area (Å²) < 4.78 is 45.9. The van der Waals surface area contributed by atoms with Gasteiger partial charge in [0.15, 0.2) is 0 Å². The van der Waals surface area contributed by atoms with Crippen LogP contribution in [0.5, 0.6) is 0 Å². The molecule has 24 heavy (non-hydrogen) atoms. The van der Waals surface area contributed by atoms with Crippen LogP contribution in [-0.4, -0.2) is 19.2 Å². The van der Waals surface area contributed by atoms with Crippen LogP contribution in [0.15, 0.2) is 48.5 Å². The van der Waals surface area contributed by atoms with Gasteiger partial charge in [0.1, 0.15) is 6.10 Å². The van der Waals surface area contributed by atoms with Gasteiger partial charge in [-0.25, -0.2) is 0 Å². The summed E-state index contributed by atoms with van der Waals surface area (Å²) in [6, 6.07) is 12.2. The first-order chi connectivity index (χ1) is 10.9. The van der Waals surface area contributed by atoms with Crippen molar-refractivity contribution < 1.29 is 17.9 Å². The molecule has 130 valence electrons. The molecule has 2 aromatic carbocycles. The van der Waals surface area contributed by atoms with Crippen LogP contribution in [0.2, 0.25) is 5.02 Å². The van der Waals surface area contributed by atoms with E-state index in [2.05, 4.69) is 5.32 Å². The molecule has 3 rings (SSSR count). The third-order valence-corrected chi connectivity index (χ3v) is 4.05. The van der Waals surface area contributed by atoms with Crippen molar-refractivity contribution in [2.24, 2.45) is 0 Å². The number of alkyl halides is 3. The van der Waals surface area contributed by atoms with E-state index in [9.17, 15) is 13.2 Å². The minimum absolute atomic E-state index is 0. The summed E-state index contributed by atoms with van der Waals surface area (Å²) in [6.07, 6.45) is -5.31. The van der Waals surface area contributed by atoms with Gasteiger partial charge in [-0.3, -0.25) is 0 Å². The summed E-state index contributed by atoms with van der Waals surface area (Å²) in [5.74, 6) is 0. The molecule has 1 unspecified atom stereocenters. The summed E-state index contributed by atoms with van der Waals surface area (Å²) in [7, 11) is 0. The Hall–Kier alpha value is -1.27. The molecule has 0 aromatic heterocycles. The van der Waals surface area contributed by atoms with Crippen LogP contribution in [0.4, 0.5) is 13.2 Å². The third-order valence-electron chi connectivity index (χ3n) is 3.79. The highest BCUT2D eigenvalue weighted by Crippen LogP contribution is 2.38. The molecule has 1 atom stereocenters. The van der Waals surface area contributed by atoms with E-state index in [1.165, 1.54) is 12.1 Å². The lowest BCUT2D eigenvalue weighted by Gasteiger charge is -2.33. The molecule has 2 nitrogen and oxygen atoms in total. The van der Waals surface area contributed by atoms with E-state index in [1.807, 2.05) is 0 Å². The predicted octanol–water partition coefficient (Wildman–Crippen LogP) is 4.86. The van der Waals surface area contributed by atoms with Crippen LogP contribution < -0.4 is 5.32 Å². The molecule has 1 aliphatic rings. The Balaban J connectivity index is 0.00000208. The number of ether oxygens (including phenoxy) is 1. The third kappa shape index (κ3) is 4.22. The summed E-state index contributed by atoms with van der Waals surface area (Å²) in [5, 5.41) is 3.58. The highest BCUT2D eigenvalue weighted by atomic mass is 35.5. The van der Waals surface area contributed by atoms with Crippen molar-refractivity contribution in [3.8, 4) is 0 Å². The van der Waals surface area contributed by atoms with Crippen molar-refractivity contribution in [2.45, 2.75) is 18.4 Å². The van der Waals surface area contributed by atoms with Crippen LogP contribution in [0.3, 0.4) is 0 Å². The largest absolute Gasteiger partial charge is 0.416 e. The Morgan fingerprint density at radius 2 is 1.67 bits per heavy atom. The highest BCUT2D eigenvalue weighted by molar-refractivity contribution is 6.30. The fourth-order valence-electron chi connectivity index (χ4n) is 2.50. The first kappa shape index (κ1) is 19.1. The van der Waals surface area contributed by atoms with Crippen molar-refractivity contribution >= 4 is 24.0 Å². The zero-order valence-electron chi connectivity index (χ0n) is 12.5. The quantitative estimate of drug-likeness (QED) is 0.821. The van der Waals surface area contributed by atoms with Gasteiger partial charge in [0.25, 0.3) is 0 Å². The van der Waals surface area contributed by atoms with Gasteiger partial charge in [0.05, 0.1) is 11.7 Å². The summed E-state index contributed by atoms with van der Waals surface area (Å²) >= 11 is 5.88. The van der Waals surface area contributed by atoms with E-state index in [-0.39, 0.29) is 24.1 Å². The van der Waals surface area contributed by atoms with Gasteiger partial charge in [0.2, 0.25) is 0 Å². The minimum atomic E-state index is -4.43. The highest BCUT2D eigenvalue weighted by Gasteiger charge is 2.36. The number of halogens is 5. The molecule has 0 bridgehead atoms. The van der Waals surface area contributed by atoms with E-state index in [4.69, 9.17) is 16.3 Å². The molecule has 1 fully saturated rings. The van der Waals surface area contributed by atoms with E-state index in [0.717, 1.165) is 6.07 Å². The Labute approximate surface area is 149 Å². The predicted molar refractivity (Wildman–Crippen MR) is 89.7 cm³/mol. The molecule has 1 saturated heterocycles. The standard InChI is InChI=1S/C17H15ClF3NO.ClH/c18-12-7-5-11(6-8-12)16(23-13-9-22-10-13)14-3-1-2-4-15(14)17(19,20)21;/h1-8,13,16,22H,9-10H2;1H. The zero-order chi connectivity index (χ0) is 16.4. The normalized spacial score (nSPS) is 16.2. The first-order valence-electron chi connectivity index (χ1n) is 7.23. The van der Waals surface area contributed by atoms with E-state index >= 15 is 0 Å². The van der Waals surface area contributed by atoms with Gasteiger partial charge in [-0.05, 0) is 29.3 Å². The van der Waals surface area contributed by atoms with Gasteiger partial charge < -0.3 is 10.1 Å². The van der Waals surface area contributed by atoms with E-state index < -0.39 is 17.8 Å². The zero-order valence-corrected chi connectivity index (χ0v) is 14.1. The molecule has 1 aliphatic heterocycles. The van der Waals surface area contributed by atoms with E-state index in [0.29, 0.717) is 23.7 Å². The molecular formula is C17H16Cl2F3NO. The van der Waals surface area contributed by atoms with Crippen molar-refractivity contribution in [1.82, 2.24) is 5.32 Å². The Morgan fingerprint density at radius 3 is 2.21 bits per heavy atom. The van der Waals surface area contributed by atoms with Crippen LogP contribution >= 0.6 is 24.0 Å². The lowest BCUT2D eigenvalue weighted by Crippen LogP contribution is -2.49. The van der Waals surface area contributed by atoms with Gasteiger partial charge in [-0.1, -0.05) is 41.9 Å². The number of benzene rings is 2. The fourth-order valence-corrected chi connectivity index (χ4v) is 2.63. The average Bonchev–Trinajstić information content (AvgIpc) is 2.47. The maximum atomic E-state index is 13.3. The van der Waals surface area contributed by atoms with E-state index in [1.54, 1.807) is 30.3 Å². The van der Waals surface area contributed by atoms with Gasteiger partial charge >= 0.3 is 6.18 Å². The smallest absolute Gasteiger partial charge is 0.363 e. The number of hydrogen-bond acceptors (Lipinski definition) is 2. The lowest BCUT2D eigenvalue weighted by molar-refractivity contribution is -0.140. The van der Waals surface area contributed by atoms with Crippen LogP contribution in [0, 0.1) is 0 Å². The number of hydrogen-bond donors (Lipinski definition) is 1. The molecule has 1 heterocycles. The summed E-state index contributed by atoms with van der Waals surface area (Å²) in [6.45, 7) is 1.27. The van der Waals surface area contributed by atoms with Crippen molar-refractivity contribution in [3.05, 3.63) is 70.2 Å². The Bertz CT molecular complexity index is 672. The summed E-state index contributed by atoms with van der Waals surface area (Å²) in [4.78, 5) is 0. The maximum Gasteiger partial charge on any atom is 0.416 e. The Kier molecular flexibility index (Phi) is 6.15. The molecule has 0 radical (unpaired) electrons. The Morgan fingerprint density at radius 1 is 1.04 bits per heavy atom. The second-order valence-corrected chi connectivity index (χ2v) is 5.87. The first-order valence-corrected chi connectivity index (χ1v) is 7.60. The van der Waals surface area contributed by atoms with Gasteiger partial charge in [-0.2, -0.15) is 13.2 Å². The van der Waals surface area contributed by atoms with Crippen LogP contribution in [0.1, 0.15) is 22.8 Å². The molecule has 2 aromatic rings. The molecule has 1 N–H and O–H groups in total. The SMILES string of the molecule is Cl.FC(F)(F)c1ccccc1C(OC1CNC1)c1ccc(Cl)cc1. The van der Waals surface area contributed by atoms with Gasteiger partial charge in [0, 0.05) is 18.1 Å². The molecule has 0 spiro atoms. The van der Waals surface area contributed by atoms with Crippen LogP contribution in [0.25, 0.3) is 0 Å². The van der Waals surface area contributed by atoms with Crippen molar-refractivity contribution in [3.63, 3.8) is 0 Å². The number of rotatable bonds is 4. The maximum absolute atomic E-state index is 13.3. The van der Waals surface area contributed by atoms with Gasteiger partial charge in [-0.15, -0.1) is 12.4 Å². The minimum Gasteiger partial charge on any atom is -0.363 e. The average molecular weight is 378 g/mol. The fraction of sp³-hybridized carbons (Fsp3) is 0.294. The van der Waals surface area contributed by atoms with Crippen molar-refractivity contribution in [1.29, 1.82) is 0 Å². The number of nitrogens with one attached hydrogen (secondary N) is 1. The second-order valence-electron chi connectivity index (χ2n) is 5.43. The summed E-state index contributed by atoms with van der Waals surface area (Å²) in [5.41, 5.74) is 0.0967. The van der Waals surface area contributed by atoms with Crippen molar-refractivity contribution in [2.75, 3.05) is 13.1 Å². The topological polar surface area (TPSA) is 21.3 Å². The van der Waals surface area contributed by atoms with Crippen LogP contribution in [-0.2, 0) is 10.9 Å². The molecule has 0 aliphatic carbocycles. The molecule has 0 amide bonds. The molecular weight excluding hydrogens is 362 g/mol. The monoisotopic (exact) mass is 377 g/mol. The molecule has 7 heteroatoms. The lowest BCUT2D eigenvalue weighted by atomic mass is 9.96. The molecule has 0 saturated carbocycles. The second kappa shape index (κ2) is 7.74.